The van der Waals surface area contributed by atoms with Gasteiger partial charge in [-0.3, -0.25) is 0 Å². The number of hydrogen-bond donors (Lipinski definition) is 1. The van der Waals surface area contributed by atoms with Crippen LogP contribution in [-0.4, -0.2) is 11.7 Å². The van der Waals surface area contributed by atoms with Crippen molar-refractivity contribution in [1.82, 2.24) is 0 Å². The summed E-state index contributed by atoms with van der Waals surface area (Å²) >= 11 is 0. The summed E-state index contributed by atoms with van der Waals surface area (Å²) in [5.74, 6) is 5.87. The van der Waals surface area contributed by atoms with E-state index in [1.165, 1.54) is 5.57 Å². The normalized spacial score (nSPS) is 8.55. The summed E-state index contributed by atoms with van der Waals surface area (Å²) in [7, 11) is 0. The van der Waals surface area contributed by atoms with E-state index in [4.69, 9.17) is 5.11 Å². The van der Waals surface area contributed by atoms with E-state index in [1.807, 2.05) is 6.92 Å². The number of unbranched alkanes of at least 4 members (excludes halogenated alkanes) is 1. The summed E-state index contributed by atoms with van der Waals surface area (Å²) in [6, 6.07) is 0. The van der Waals surface area contributed by atoms with E-state index in [9.17, 15) is 0 Å². The molecule has 0 bridgehead atoms. The Kier molecular flexibility index (Phi) is 6.87. The van der Waals surface area contributed by atoms with E-state index in [0.717, 1.165) is 19.3 Å². The number of hydrogen-bond acceptors (Lipinski definition) is 1. The molecule has 0 aliphatic carbocycles. The van der Waals surface area contributed by atoms with Crippen molar-refractivity contribution in [3.63, 3.8) is 0 Å². The molecule has 0 unspecified atom stereocenters. The highest BCUT2D eigenvalue weighted by atomic mass is 16.2. The SMILES string of the molecule is C=C(C)CCCC#CCCO. The first kappa shape index (κ1) is 10.3. The molecule has 0 amide bonds. The van der Waals surface area contributed by atoms with Gasteiger partial charge in [0.1, 0.15) is 0 Å². The molecule has 0 aromatic rings. The van der Waals surface area contributed by atoms with Gasteiger partial charge in [-0.2, -0.15) is 0 Å². The van der Waals surface area contributed by atoms with Gasteiger partial charge in [0.25, 0.3) is 0 Å². The van der Waals surface area contributed by atoms with Crippen LogP contribution in [0.15, 0.2) is 12.2 Å². The molecule has 0 fully saturated rings. The summed E-state index contributed by atoms with van der Waals surface area (Å²) in [5, 5.41) is 8.39. The second-order valence-electron chi connectivity index (χ2n) is 2.64. The average molecular weight is 152 g/mol. The zero-order valence-corrected chi connectivity index (χ0v) is 7.19. The molecule has 0 saturated heterocycles. The molecule has 0 atom stereocenters. The lowest BCUT2D eigenvalue weighted by Gasteiger charge is -1.92. The Hall–Kier alpha value is -0.740. The Labute approximate surface area is 69.1 Å². The molecule has 0 heterocycles. The fourth-order valence-electron chi connectivity index (χ4n) is 0.711. The maximum Gasteiger partial charge on any atom is 0.0540 e. The summed E-state index contributed by atoms with van der Waals surface area (Å²) in [5.41, 5.74) is 1.22. The summed E-state index contributed by atoms with van der Waals surface area (Å²) < 4.78 is 0. The van der Waals surface area contributed by atoms with E-state index in [-0.39, 0.29) is 6.61 Å². The van der Waals surface area contributed by atoms with Gasteiger partial charge in [0.2, 0.25) is 0 Å². The van der Waals surface area contributed by atoms with E-state index < -0.39 is 0 Å². The summed E-state index contributed by atoms with van der Waals surface area (Å²) in [6.45, 7) is 6.00. The number of aliphatic hydroxyl groups is 1. The van der Waals surface area contributed by atoms with E-state index in [1.54, 1.807) is 0 Å². The van der Waals surface area contributed by atoms with Gasteiger partial charge in [-0.25, -0.2) is 0 Å². The van der Waals surface area contributed by atoms with E-state index in [2.05, 4.69) is 18.4 Å². The summed E-state index contributed by atoms with van der Waals surface area (Å²) in [6.07, 6.45) is 3.68. The van der Waals surface area contributed by atoms with Crippen molar-refractivity contribution < 1.29 is 5.11 Å². The molecule has 0 spiro atoms. The zero-order valence-electron chi connectivity index (χ0n) is 7.19. The van der Waals surface area contributed by atoms with Crippen LogP contribution in [0.2, 0.25) is 0 Å². The Bertz CT molecular complexity index is 159. The third-order valence-electron chi connectivity index (χ3n) is 1.27. The second kappa shape index (κ2) is 7.37. The van der Waals surface area contributed by atoms with Gasteiger partial charge in [-0.15, -0.1) is 18.4 Å². The van der Waals surface area contributed by atoms with Crippen LogP contribution in [0.3, 0.4) is 0 Å². The van der Waals surface area contributed by atoms with Gasteiger partial charge < -0.3 is 5.11 Å². The first-order chi connectivity index (χ1) is 5.27. The van der Waals surface area contributed by atoms with Crippen LogP contribution in [0.25, 0.3) is 0 Å². The van der Waals surface area contributed by atoms with Gasteiger partial charge in [0.05, 0.1) is 6.61 Å². The maximum atomic E-state index is 8.39. The molecule has 1 nitrogen and oxygen atoms in total. The predicted octanol–water partition coefficient (Wildman–Crippen LogP) is 2.12. The molecule has 62 valence electrons. The molecule has 11 heavy (non-hydrogen) atoms. The molecule has 1 N–H and O–H groups in total. The monoisotopic (exact) mass is 152 g/mol. The number of rotatable bonds is 4. The Morgan fingerprint density at radius 2 is 2.00 bits per heavy atom. The van der Waals surface area contributed by atoms with Crippen molar-refractivity contribution in [3.05, 3.63) is 12.2 Å². The van der Waals surface area contributed by atoms with Gasteiger partial charge in [-0.1, -0.05) is 5.57 Å². The molecule has 0 saturated carbocycles. The van der Waals surface area contributed by atoms with Crippen molar-refractivity contribution in [1.29, 1.82) is 0 Å². The highest BCUT2D eigenvalue weighted by Crippen LogP contribution is 2.02. The molecular weight excluding hydrogens is 136 g/mol. The zero-order chi connectivity index (χ0) is 8.53. The fraction of sp³-hybridized carbons (Fsp3) is 0.600. The minimum Gasteiger partial charge on any atom is -0.395 e. The highest BCUT2D eigenvalue weighted by molar-refractivity contribution is 4.99. The van der Waals surface area contributed by atoms with E-state index in [0.29, 0.717) is 6.42 Å². The molecule has 0 aliphatic heterocycles. The van der Waals surface area contributed by atoms with Crippen molar-refractivity contribution in [2.45, 2.75) is 32.6 Å². The minimum atomic E-state index is 0.174. The molecule has 0 radical (unpaired) electrons. The quantitative estimate of drug-likeness (QED) is 0.371. The van der Waals surface area contributed by atoms with Crippen LogP contribution in [0.1, 0.15) is 32.6 Å². The first-order valence-electron chi connectivity index (χ1n) is 3.98. The van der Waals surface area contributed by atoms with Crippen LogP contribution >= 0.6 is 0 Å². The molecule has 0 rings (SSSR count). The molecule has 1 heteroatoms. The van der Waals surface area contributed by atoms with Gasteiger partial charge in [0, 0.05) is 12.8 Å². The van der Waals surface area contributed by atoms with Crippen LogP contribution in [0.5, 0.6) is 0 Å². The van der Waals surface area contributed by atoms with Crippen molar-refractivity contribution in [3.8, 4) is 11.8 Å². The van der Waals surface area contributed by atoms with E-state index >= 15 is 0 Å². The lowest BCUT2D eigenvalue weighted by molar-refractivity contribution is 0.305. The fourth-order valence-corrected chi connectivity index (χ4v) is 0.711. The van der Waals surface area contributed by atoms with Crippen LogP contribution in [-0.2, 0) is 0 Å². The molecular formula is C10H16O. The van der Waals surface area contributed by atoms with Crippen LogP contribution in [0, 0.1) is 11.8 Å². The van der Waals surface area contributed by atoms with Crippen molar-refractivity contribution in [2.75, 3.05) is 6.61 Å². The average Bonchev–Trinajstić information content (AvgIpc) is 1.96. The maximum absolute atomic E-state index is 8.39. The molecule has 0 aromatic heterocycles. The first-order valence-corrected chi connectivity index (χ1v) is 3.98. The highest BCUT2D eigenvalue weighted by Gasteiger charge is 1.84. The Morgan fingerprint density at radius 3 is 2.55 bits per heavy atom. The Balaban J connectivity index is 3.15. The van der Waals surface area contributed by atoms with Crippen LogP contribution < -0.4 is 0 Å². The third kappa shape index (κ3) is 9.26. The predicted molar refractivity (Wildman–Crippen MR) is 48.1 cm³/mol. The van der Waals surface area contributed by atoms with Gasteiger partial charge in [0.15, 0.2) is 0 Å². The number of aliphatic hydroxyl groups excluding tert-OH is 1. The topological polar surface area (TPSA) is 20.2 Å². The lowest BCUT2D eigenvalue weighted by atomic mass is 10.1. The van der Waals surface area contributed by atoms with Crippen molar-refractivity contribution in [2.24, 2.45) is 0 Å². The summed E-state index contributed by atoms with van der Waals surface area (Å²) in [4.78, 5) is 0. The van der Waals surface area contributed by atoms with Crippen molar-refractivity contribution >= 4 is 0 Å². The molecule has 0 aliphatic rings. The van der Waals surface area contributed by atoms with Crippen LogP contribution in [0.4, 0.5) is 0 Å². The smallest absolute Gasteiger partial charge is 0.0540 e. The van der Waals surface area contributed by atoms with Gasteiger partial charge in [-0.05, 0) is 19.8 Å². The number of allylic oxidation sites excluding steroid dienone is 1. The lowest BCUT2D eigenvalue weighted by Crippen LogP contribution is -1.77. The Morgan fingerprint density at radius 1 is 1.36 bits per heavy atom. The third-order valence-corrected chi connectivity index (χ3v) is 1.27. The second-order valence-corrected chi connectivity index (χ2v) is 2.64. The molecule has 0 aromatic carbocycles. The standard InChI is InChI=1S/C10H16O/c1-10(2)8-6-4-3-5-7-9-11/h11H,1,4,6-9H2,2H3. The van der Waals surface area contributed by atoms with Gasteiger partial charge >= 0.3 is 0 Å². The largest absolute Gasteiger partial charge is 0.395 e. The minimum absolute atomic E-state index is 0.174.